The first-order valence-corrected chi connectivity index (χ1v) is 10.3. The first-order chi connectivity index (χ1) is 14.2. The molecule has 1 aliphatic rings. The Bertz CT molecular complexity index is 1060. The predicted molar refractivity (Wildman–Crippen MR) is 103 cm³/mol. The highest BCUT2D eigenvalue weighted by Crippen LogP contribution is 2.26. The minimum atomic E-state index is -4.95. The van der Waals surface area contributed by atoms with E-state index in [1.807, 2.05) is 0 Å². The second-order valence-corrected chi connectivity index (χ2v) is 8.22. The number of cyclic esters (lactones) is 1. The molecule has 2 aromatic carbocycles. The molecule has 2 amide bonds. The highest BCUT2D eigenvalue weighted by Gasteiger charge is 2.34. The number of amides is 2. The van der Waals surface area contributed by atoms with Crippen LogP contribution in [0.15, 0.2) is 53.4 Å². The number of rotatable bonds is 7. The number of alkyl halides is 2. The van der Waals surface area contributed by atoms with E-state index in [1.165, 1.54) is 24.1 Å². The minimum absolute atomic E-state index is 0.128. The summed E-state index contributed by atoms with van der Waals surface area (Å²) in [6.07, 6.45) is -1.34. The lowest BCUT2D eigenvalue weighted by molar-refractivity contribution is 0.0913. The molecule has 2 aromatic rings. The highest BCUT2D eigenvalue weighted by atomic mass is 32.2. The molecule has 11 heteroatoms. The van der Waals surface area contributed by atoms with Gasteiger partial charge >= 0.3 is 11.9 Å². The third-order valence-corrected chi connectivity index (χ3v) is 5.84. The van der Waals surface area contributed by atoms with Crippen molar-refractivity contribution in [2.45, 2.75) is 16.8 Å². The molecule has 1 aliphatic heterocycles. The number of methoxy groups -OCH3 is 1. The number of hydrogen-bond donors (Lipinski definition) is 1. The fourth-order valence-electron chi connectivity index (χ4n) is 2.92. The second kappa shape index (κ2) is 8.66. The van der Waals surface area contributed by atoms with Crippen molar-refractivity contribution in [1.82, 2.24) is 5.32 Å². The number of hydrogen-bond acceptors (Lipinski definition) is 6. The molecule has 0 aliphatic carbocycles. The zero-order valence-corrected chi connectivity index (χ0v) is 16.6. The summed E-state index contributed by atoms with van der Waals surface area (Å²) in [4.78, 5) is 25.2. The van der Waals surface area contributed by atoms with Gasteiger partial charge < -0.3 is 14.8 Å². The molecule has 0 saturated carbocycles. The SMILES string of the molecule is COc1cccc(N2CC(CNC(=O)c3ccccc3S(=O)(=O)C(F)F)OC2=O)c1. The van der Waals surface area contributed by atoms with Crippen LogP contribution in [0.25, 0.3) is 0 Å². The number of nitrogens with zero attached hydrogens (tertiary/aromatic N) is 1. The molecule has 0 bridgehead atoms. The van der Waals surface area contributed by atoms with E-state index >= 15 is 0 Å². The van der Waals surface area contributed by atoms with Crippen molar-refractivity contribution < 1.29 is 36.3 Å². The monoisotopic (exact) mass is 440 g/mol. The number of carbonyl (C=O) groups excluding carboxylic acids is 2. The number of anilines is 1. The van der Waals surface area contributed by atoms with Gasteiger partial charge in [-0.1, -0.05) is 18.2 Å². The molecule has 30 heavy (non-hydrogen) atoms. The Morgan fingerprint density at radius 3 is 2.70 bits per heavy atom. The van der Waals surface area contributed by atoms with Crippen molar-refractivity contribution in [3.8, 4) is 5.75 Å². The fraction of sp³-hybridized carbons (Fsp3) is 0.263. The third kappa shape index (κ3) is 4.35. The number of halogens is 2. The van der Waals surface area contributed by atoms with Crippen molar-refractivity contribution in [2.24, 2.45) is 0 Å². The van der Waals surface area contributed by atoms with Crippen LogP contribution in [-0.2, 0) is 14.6 Å². The molecule has 8 nitrogen and oxygen atoms in total. The summed E-state index contributed by atoms with van der Waals surface area (Å²) in [5, 5.41) is 2.43. The molecule has 0 aromatic heterocycles. The minimum Gasteiger partial charge on any atom is -0.497 e. The number of ether oxygens (including phenoxy) is 2. The zero-order valence-electron chi connectivity index (χ0n) is 15.7. The lowest BCUT2D eigenvalue weighted by Gasteiger charge is -2.14. The van der Waals surface area contributed by atoms with Crippen molar-refractivity contribution in [3.63, 3.8) is 0 Å². The Labute approximate surface area is 171 Å². The normalized spacial score (nSPS) is 16.5. The maximum atomic E-state index is 12.9. The molecule has 1 atom stereocenters. The topological polar surface area (TPSA) is 102 Å². The average Bonchev–Trinajstić information content (AvgIpc) is 3.12. The Hall–Kier alpha value is -3.21. The van der Waals surface area contributed by atoms with Crippen molar-refractivity contribution in [1.29, 1.82) is 0 Å². The van der Waals surface area contributed by atoms with Gasteiger partial charge in [-0.2, -0.15) is 8.78 Å². The van der Waals surface area contributed by atoms with E-state index in [0.29, 0.717) is 11.4 Å². The Kier molecular flexibility index (Phi) is 6.20. The number of sulfone groups is 1. The van der Waals surface area contributed by atoms with Gasteiger partial charge in [0, 0.05) is 6.07 Å². The van der Waals surface area contributed by atoms with Gasteiger partial charge in [0.05, 0.1) is 36.3 Å². The van der Waals surface area contributed by atoms with E-state index < -0.39 is 44.2 Å². The fourth-order valence-corrected chi connectivity index (χ4v) is 3.84. The molecule has 1 saturated heterocycles. The number of benzene rings is 2. The van der Waals surface area contributed by atoms with E-state index in [4.69, 9.17) is 9.47 Å². The molecule has 0 radical (unpaired) electrons. The van der Waals surface area contributed by atoms with Crippen LogP contribution in [0.1, 0.15) is 10.4 Å². The van der Waals surface area contributed by atoms with Crippen LogP contribution in [0.5, 0.6) is 5.75 Å². The first kappa shape index (κ1) is 21.5. The highest BCUT2D eigenvalue weighted by molar-refractivity contribution is 7.91. The van der Waals surface area contributed by atoms with Crippen LogP contribution in [0.3, 0.4) is 0 Å². The molecule has 3 rings (SSSR count). The molecule has 1 heterocycles. The van der Waals surface area contributed by atoms with Crippen LogP contribution < -0.4 is 15.0 Å². The summed E-state index contributed by atoms with van der Waals surface area (Å²) in [6.45, 7) is -0.00262. The van der Waals surface area contributed by atoms with Gasteiger partial charge in [0.25, 0.3) is 5.91 Å². The summed E-state index contributed by atoms with van der Waals surface area (Å²) in [5.41, 5.74) is 0.133. The molecule has 1 unspecified atom stereocenters. The summed E-state index contributed by atoms with van der Waals surface area (Å²) in [6, 6.07) is 11.4. The van der Waals surface area contributed by atoms with Crippen LogP contribution in [-0.4, -0.2) is 52.5 Å². The molecule has 0 spiro atoms. The van der Waals surface area contributed by atoms with Gasteiger partial charge in [-0.3, -0.25) is 9.69 Å². The van der Waals surface area contributed by atoms with Crippen molar-refractivity contribution in [3.05, 3.63) is 54.1 Å². The van der Waals surface area contributed by atoms with E-state index in [2.05, 4.69) is 5.32 Å². The molecular formula is C19H18F2N2O6S. The first-order valence-electron chi connectivity index (χ1n) is 8.75. The predicted octanol–water partition coefficient (Wildman–Crippen LogP) is 2.45. The Morgan fingerprint density at radius 1 is 1.27 bits per heavy atom. The average molecular weight is 440 g/mol. The quantitative estimate of drug-likeness (QED) is 0.710. The van der Waals surface area contributed by atoms with Crippen LogP contribution in [0.4, 0.5) is 19.3 Å². The molecular weight excluding hydrogens is 422 g/mol. The third-order valence-electron chi connectivity index (χ3n) is 4.40. The maximum Gasteiger partial charge on any atom is 0.414 e. The van der Waals surface area contributed by atoms with E-state index in [0.717, 1.165) is 12.1 Å². The number of nitrogens with one attached hydrogen (secondary N) is 1. The lowest BCUT2D eigenvalue weighted by atomic mass is 10.2. The summed E-state index contributed by atoms with van der Waals surface area (Å²) in [5.74, 6) is -3.97. The van der Waals surface area contributed by atoms with Gasteiger partial charge in [0.15, 0.2) is 0 Å². The Morgan fingerprint density at radius 2 is 2.00 bits per heavy atom. The summed E-state index contributed by atoms with van der Waals surface area (Å²) >= 11 is 0. The van der Waals surface area contributed by atoms with Gasteiger partial charge in [0.2, 0.25) is 9.84 Å². The van der Waals surface area contributed by atoms with Crippen LogP contribution in [0, 0.1) is 0 Å². The molecule has 1 fully saturated rings. The summed E-state index contributed by atoms with van der Waals surface area (Å²) < 4.78 is 59.7. The van der Waals surface area contributed by atoms with Gasteiger partial charge in [-0.05, 0) is 24.3 Å². The van der Waals surface area contributed by atoms with E-state index in [1.54, 1.807) is 24.3 Å². The van der Waals surface area contributed by atoms with Crippen molar-refractivity contribution in [2.75, 3.05) is 25.1 Å². The smallest absolute Gasteiger partial charge is 0.414 e. The van der Waals surface area contributed by atoms with Gasteiger partial charge in [-0.25, -0.2) is 13.2 Å². The van der Waals surface area contributed by atoms with Gasteiger partial charge in [-0.15, -0.1) is 0 Å². The van der Waals surface area contributed by atoms with Crippen LogP contribution in [0.2, 0.25) is 0 Å². The van der Waals surface area contributed by atoms with E-state index in [9.17, 15) is 26.8 Å². The summed E-state index contributed by atoms with van der Waals surface area (Å²) in [7, 11) is -3.46. The van der Waals surface area contributed by atoms with E-state index in [-0.39, 0.29) is 13.1 Å². The van der Waals surface area contributed by atoms with Gasteiger partial charge in [0.1, 0.15) is 11.9 Å². The second-order valence-electron chi connectivity index (χ2n) is 6.33. The van der Waals surface area contributed by atoms with Crippen LogP contribution >= 0.6 is 0 Å². The largest absolute Gasteiger partial charge is 0.497 e. The molecule has 160 valence electrons. The maximum absolute atomic E-state index is 12.9. The Balaban J connectivity index is 1.69. The lowest BCUT2D eigenvalue weighted by Crippen LogP contribution is -2.35. The number of carbonyl (C=O) groups is 2. The zero-order chi connectivity index (χ0) is 21.9. The van der Waals surface area contributed by atoms with Crippen molar-refractivity contribution >= 4 is 27.5 Å². The standard InChI is InChI=1S/C19H18F2N2O6S/c1-28-13-6-4-5-12(9-13)23-11-14(29-19(23)25)10-22-17(24)15-7-2-3-8-16(15)30(26,27)18(20)21/h2-9,14,18H,10-11H2,1H3,(H,22,24). The molecule has 1 N–H and O–H groups in total.